The number of carbonyl (C=O) groups is 2. The standard InChI is InChI=1S/C19H16ClN7O2/c20-11-7-24-19-25-15(10-26(19)9-11)17(28)23-8-12-3-6-27(12)18(29)13-1-4-21-14-2-5-22-16(13)14/h1-2,4-5,7,9-10,12,22H,3,6,8H2,(H,23,28). The first-order valence-electron chi connectivity index (χ1n) is 9.11. The average molecular weight is 410 g/mol. The number of likely N-dealkylation sites (tertiary alicyclic amines) is 1. The lowest BCUT2D eigenvalue weighted by Crippen LogP contribution is -2.56. The summed E-state index contributed by atoms with van der Waals surface area (Å²) < 4.78 is 1.60. The monoisotopic (exact) mass is 409 g/mol. The van der Waals surface area contributed by atoms with Gasteiger partial charge in [0.1, 0.15) is 5.69 Å². The van der Waals surface area contributed by atoms with E-state index in [0.717, 1.165) is 17.5 Å². The number of carbonyl (C=O) groups excluding carboxylic acids is 2. The summed E-state index contributed by atoms with van der Waals surface area (Å²) in [5, 5.41) is 3.31. The maximum Gasteiger partial charge on any atom is 0.271 e. The summed E-state index contributed by atoms with van der Waals surface area (Å²) >= 11 is 5.91. The molecule has 0 aliphatic carbocycles. The molecule has 2 N–H and O–H groups in total. The number of hydrogen-bond acceptors (Lipinski definition) is 5. The fourth-order valence-corrected chi connectivity index (χ4v) is 3.64. The lowest BCUT2D eigenvalue weighted by molar-refractivity contribution is 0.0457. The van der Waals surface area contributed by atoms with Crippen LogP contribution in [0.1, 0.15) is 27.3 Å². The summed E-state index contributed by atoms with van der Waals surface area (Å²) in [5.74, 6) is 0.00571. The molecule has 1 atom stereocenters. The average Bonchev–Trinajstić information content (AvgIpc) is 3.33. The number of hydrogen-bond donors (Lipinski definition) is 2. The van der Waals surface area contributed by atoms with Gasteiger partial charge >= 0.3 is 0 Å². The molecule has 5 heterocycles. The Kier molecular flexibility index (Phi) is 4.17. The van der Waals surface area contributed by atoms with Crippen molar-refractivity contribution >= 4 is 40.2 Å². The molecule has 2 amide bonds. The third-order valence-corrected chi connectivity index (χ3v) is 5.29. The van der Waals surface area contributed by atoms with Gasteiger partial charge in [0.25, 0.3) is 11.8 Å². The summed E-state index contributed by atoms with van der Waals surface area (Å²) in [6.45, 7) is 1.01. The van der Waals surface area contributed by atoms with E-state index < -0.39 is 0 Å². The number of aromatic amines is 1. The summed E-state index contributed by atoms with van der Waals surface area (Å²) in [6, 6.07) is 3.48. The summed E-state index contributed by atoms with van der Waals surface area (Å²) in [6.07, 6.45) is 8.90. The van der Waals surface area contributed by atoms with E-state index in [0.29, 0.717) is 29.5 Å². The molecule has 0 saturated carbocycles. The predicted octanol–water partition coefficient (Wildman–Crippen LogP) is 1.90. The molecule has 4 aromatic heterocycles. The van der Waals surface area contributed by atoms with Gasteiger partial charge in [0.2, 0.25) is 5.78 Å². The van der Waals surface area contributed by atoms with Gasteiger partial charge in [-0.1, -0.05) is 11.6 Å². The van der Waals surface area contributed by atoms with Crippen molar-refractivity contribution in [3.8, 4) is 0 Å². The van der Waals surface area contributed by atoms with E-state index in [4.69, 9.17) is 11.6 Å². The fraction of sp³-hybridized carbons (Fsp3) is 0.211. The molecule has 5 rings (SSSR count). The van der Waals surface area contributed by atoms with Gasteiger partial charge in [0.05, 0.1) is 33.9 Å². The third-order valence-electron chi connectivity index (χ3n) is 5.09. The van der Waals surface area contributed by atoms with Gasteiger partial charge in [-0.2, -0.15) is 0 Å². The Bertz CT molecular complexity index is 1250. The smallest absolute Gasteiger partial charge is 0.271 e. The Balaban J connectivity index is 1.26. The second-order valence-electron chi connectivity index (χ2n) is 6.85. The molecule has 0 aromatic carbocycles. The minimum Gasteiger partial charge on any atom is -0.359 e. The van der Waals surface area contributed by atoms with Crippen molar-refractivity contribution in [2.75, 3.05) is 13.1 Å². The highest BCUT2D eigenvalue weighted by Crippen LogP contribution is 2.23. The van der Waals surface area contributed by atoms with Crippen LogP contribution in [0.5, 0.6) is 0 Å². The molecule has 4 aromatic rings. The molecular formula is C19H16ClN7O2. The molecule has 1 aliphatic heterocycles. The minimum atomic E-state index is -0.318. The van der Waals surface area contributed by atoms with Gasteiger partial charge in [-0.05, 0) is 18.6 Å². The maximum absolute atomic E-state index is 12.9. The van der Waals surface area contributed by atoms with Crippen LogP contribution in [-0.2, 0) is 0 Å². The number of rotatable bonds is 4. The topological polar surface area (TPSA) is 108 Å². The molecule has 1 fully saturated rings. The number of nitrogens with one attached hydrogen (secondary N) is 2. The quantitative estimate of drug-likeness (QED) is 0.535. The van der Waals surface area contributed by atoms with E-state index in [1.54, 1.807) is 40.2 Å². The van der Waals surface area contributed by atoms with E-state index in [2.05, 4.69) is 25.3 Å². The molecule has 1 unspecified atom stereocenters. The lowest BCUT2D eigenvalue weighted by Gasteiger charge is -2.41. The van der Waals surface area contributed by atoms with E-state index >= 15 is 0 Å². The molecule has 0 spiro atoms. The largest absolute Gasteiger partial charge is 0.359 e. The van der Waals surface area contributed by atoms with Crippen LogP contribution in [0.2, 0.25) is 5.02 Å². The Morgan fingerprint density at radius 1 is 1.28 bits per heavy atom. The zero-order valence-corrected chi connectivity index (χ0v) is 15.9. The second kappa shape index (κ2) is 6.85. The number of aromatic nitrogens is 5. The number of amides is 2. The predicted molar refractivity (Wildman–Crippen MR) is 106 cm³/mol. The molecule has 10 heteroatoms. The van der Waals surface area contributed by atoms with Crippen molar-refractivity contribution in [2.45, 2.75) is 12.5 Å². The van der Waals surface area contributed by atoms with Crippen molar-refractivity contribution in [1.29, 1.82) is 0 Å². The zero-order chi connectivity index (χ0) is 20.0. The number of H-pyrrole nitrogens is 1. The van der Waals surface area contributed by atoms with Crippen molar-refractivity contribution < 1.29 is 9.59 Å². The van der Waals surface area contributed by atoms with Crippen molar-refractivity contribution in [3.63, 3.8) is 0 Å². The number of nitrogens with zero attached hydrogens (tertiary/aromatic N) is 5. The lowest BCUT2D eigenvalue weighted by atomic mass is 10.0. The van der Waals surface area contributed by atoms with Gasteiger partial charge in [0, 0.05) is 37.9 Å². The highest BCUT2D eigenvalue weighted by molar-refractivity contribution is 6.30. The minimum absolute atomic E-state index is 0.0609. The summed E-state index contributed by atoms with van der Waals surface area (Å²) in [4.78, 5) is 42.8. The van der Waals surface area contributed by atoms with Gasteiger partial charge in [-0.3, -0.25) is 19.0 Å². The zero-order valence-electron chi connectivity index (χ0n) is 15.2. The first-order valence-corrected chi connectivity index (χ1v) is 9.49. The highest BCUT2D eigenvalue weighted by Gasteiger charge is 2.34. The Labute approximate surface area is 169 Å². The SMILES string of the molecule is O=C(NCC1CCN1C(=O)c1ccnc2cc[nH]c12)c1cn2cc(Cl)cnc2n1. The molecular weight excluding hydrogens is 394 g/mol. The summed E-state index contributed by atoms with van der Waals surface area (Å²) in [5.41, 5.74) is 2.31. The second-order valence-corrected chi connectivity index (χ2v) is 7.29. The maximum atomic E-state index is 12.9. The number of imidazole rings is 1. The number of fused-ring (bicyclic) bond motifs is 2. The molecule has 9 nitrogen and oxygen atoms in total. The Morgan fingerprint density at radius 2 is 2.17 bits per heavy atom. The van der Waals surface area contributed by atoms with Gasteiger partial charge in [-0.25, -0.2) is 9.97 Å². The fourth-order valence-electron chi connectivity index (χ4n) is 3.48. The van der Waals surface area contributed by atoms with Crippen LogP contribution in [0.25, 0.3) is 16.8 Å². The van der Waals surface area contributed by atoms with Gasteiger partial charge < -0.3 is 15.2 Å². The van der Waals surface area contributed by atoms with E-state index in [1.807, 2.05) is 6.07 Å². The first-order chi connectivity index (χ1) is 14.1. The van der Waals surface area contributed by atoms with Gasteiger partial charge in [0.15, 0.2) is 0 Å². The highest BCUT2D eigenvalue weighted by atomic mass is 35.5. The molecule has 1 aliphatic rings. The molecule has 146 valence electrons. The van der Waals surface area contributed by atoms with Crippen molar-refractivity contribution in [3.05, 3.63) is 59.4 Å². The van der Waals surface area contributed by atoms with Crippen LogP contribution in [-0.4, -0.2) is 60.2 Å². The first kappa shape index (κ1) is 17.6. The van der Waals surface area contributed by atoms with Crippen LogP contribution in [0.3, 0.4) is 0 Å². The Hall–Kier alpha value is -3.46. The van der Waals surface area contributed by atoms with E-state index in [9.17, 15) is 9.59 Å². The van der Waals surface area contributed by atoms with Crippen molar-refractivity contribution in [2.24, 2.45) is 0 Å². The van der Waals surface area contributed by atoms with E-state index in [1.165, 1.54) is 6.20 Å². The normalized spacial score (nSPS) is 16.2. The molecule has 1 saturated heterocycles. The number of halogens is 1. The van der Waals surface area contributed by atoms with Crippen LogP contribution < -0.4 is 5.32 Å². The van der Waals surface area contributed by atoms with E-state index in [-0.39, 0.29) is 23.6 Å². The van der Waals surface area contributed by atoms with Gasteiger partial charge in [-0.15, -0.1) is 0 Å². The Morgan fingerprint density at radius 3 is 3.00 bits per heavy atom. The summed E-state index contributed by atoms with van der Waals surface area (Å²) in [7, 11) is 0. The van der Waals surface area contributed by atoms with Crippen LogP contribution in [0, 0.1) is 0 Å². The van der Waals surface area contributed by atoms with Crippen LogP contribution >= 0.6 is 11.6 Å². The molecule has 0 bridgehead atoms. The van der Waals surface area contributed by atoms with Crippen LogP contribution in [0.15, 0.2) is 43.1 Å². The third kappa shape index (κ3) is 3.09. The van der Waals surface area contributed by atoms with Crippen molar-refractivity contribution in [1.82, 2.24) is 34.6 Å². The molecule has 0 radical (unpaired) electrons. The number of pyridine rings is 1. The molecule has 29 heavy (non-hydrogen) atoms. The van der Waals surface area contributed by atoms with Crippen LogP contribution in [0.4, 0.5) is 0 Å².